The maximum Gasteiger partial charge on any atom is 0.333 e. The van der Waals surface area contributed by atoms with Gasteiger partial charge >= 0.3 is 6.55 Å². The van der Waals surface area contributed by atoms with Crippen molar-refractivity contribution in [2.75, 3.05) is 4.72 Å². The van der Waals surface area contributed by atoms with Crippen LogP contribution in [0.5, 0.6) is 0 Å². The van der Waals surface area contributed by atoms with E-state index in [0.29, 0.717) is 20.3 Å². The fourth-order valence-corrected chi connectivity index (χ4v) is 4.68. The third-order valence-electron chi connectivity index (χ3n) is 3.97. The summed E-state index contributed by atoms with van der Waals surface area (Å²) in [6, 6.07) is 6.51. The van der Waals surface area contributed by atoms with Crippen LogP contribution in [-0.4, -0.2) is 28.0 Å². The van der Waals surface area contributed by atoms with Gasteiger partial charge in [-0.15, -0.1) is 0 Å². The number of hydrogen-bond acceptors (Lipinski definition) is 4. The van der Waals surface area contributed by atoms with Gasteiger partial charge in [-0.05, 0) is 26.0 Å². The van der Waals surface area contributed by atoms with Crippen LogP contribution in [0.25, 0.3) is 0 Å². The summed E-state index contributed by atoms with van der Waals surface area (Å²) in [5, 5.41) is 8.63. The van der Waals surface area contributed by atoms with Crippen LogP contribution in [0.15, 0.2) is 35.4 Å². The molecule has 150 valence electrons. The molecule has 0 saturated carbocycles. The van der Waals surface area contributed by atoms with Gasteiger partial charge in [-0.25, -0.2) is 13.1 Å². The van der Waals surface area contributed by atoms with Crippen molar-refractivity contribution >= 4 is 39.0 Å². The summed E-state index contributed by atoms with van der Waals surface area (Å²) in [7, 11) is -4.16. The summed E-state index contributed by atoms with van der Waals surface area (Å²) in [5.74, 6) is 0.0202. The number of rotatable bonds is 6. The molecule has 0 amide bonds. The van der Waals surface area contributed by atoms with Crippen molar-refractivity contribution in [2.45, 2.75) is 31.8 Å². The zero-order valence-electron chi connectivity index (χ0n) is 14.7. The highest BCUT2D eigenvalue weighted by molar-refractivity contribution is 7.92. The molecule has 7 nitrogen and oxygen atoms in total. The maximum atomic E-state index is 13.0. The summed E-state index contributed by atoms with van der Waals surface area (Å²) >= 11 is 12.3. The number of nitrogens with one attached hydrogen (secondary N) is 1. The van der Waals surface area contributed by atoms with Crippen LogP contribution in [0.1, 0.15) is 23.5 Å². The molecule has 0 fully saturated rings. The number of alkyl halides is 2. The first-order valence-electron chi connectivity index (χ1n) is 7.93. The second kappa shape index (κ2) is 7.69. The van der Waals surface area contributed by atoms with E-state index in [1.54, 1.807) is 24.4 Å². The quantitative estimate of drug-likeness (QED) is 0.609. The standard InChI is InChI=1S/C16H15Cl2F2N5O2S/c1-9-15(10(2)25(21-9)16(19)20)28(26,27)23-14-6-7-24(22-14)8-11-12(17)4-3-5-13(11)18/h3-7,16H,8H2,1-2H3,(H,22,23). The Morgan fingerprint density at radius 3 is 2.36 bits per heavy atom. The maximum absolute atomic E-state index is 13.0. The van der Waals surface area contributed by atoms with Crippen LogP contribution in [0, 0.1) is 13.8 Å². The van der Waals surface area contributed by atoms with Gasteiger partial charge in [0.05, 0.1) is 17.9 Å². The molecule has 1 aromatic carbocycles. The number of halogens is 4. The first-order chi connectivity index (χ1) is 13.1. The van der Waals surface area contributed by atoms with Crippen LogP contribution < -0.4 is 4.72 Å². The summed E-state index contributed by atoms with van der Waals surface area (Å²) < 4.78 is 55.3. The molecular formula is C16H15Cl2F2N5O2S. The predicted octanol–water partition coefficient (Wildman–Crippen LogP) is 4.25. The van der Waals surface area contributed by atoms with Crippen LogP contribution in [0.2, 0.25) is 10.0 Å². The van der Waals surface area contributed by atoms with E-state index in [1.807, 2.05) is 0 Å². The normalized spacial score (nSPS) is 12.0. The highest BCUT2D eigenvalue weighted by Gasteiger charge is 2.27. The van der Waals surface area contributed by atoms with Crippen molar-refractivity contribution in [1.82, 2.24) is 19.6 Å². The summed E-state index contributed by atoms with van der Waals surface area (Å²) in [6.45, 7) is -0.110. The second-order valence-electron chi connectivity index (χ2n) is 5.93. The Balaban J connectivity index is 1.85. The van der Waals surface area contributed by atoms with Gasteiger partial charge < -0.3 is 0 Å². The number of hydrogen-bond donors (Lipinski definition) is 1. The average Bonchev–Trinajstić information content (AvgIpc) is 3.14. The van der Waals surface area contributed by atoms with Crippen LogP contribution in [0.3, 0.4) is 0 Å². The Morgan fingerprint density at radius 1 is 1.14 bits per heavy atom. The molecule has 2 aromatic heterocycles. The zero-order chi connectivity index (χ0) is 20.6. The minimum atomic E-state index is -4.16. The molecule has 0 spiro atoms. The lowest BCUT2D eigenvalue weighted by Gasteiger charge is -2.08. The van der Waals surface area contributed by atoms with Crippen molar-refractivity contribution in [2.24, 2.45) is 0 Å². The van der Waals surface area contributed by atoms with E-state index >= 15 is 0 Å². The lowest BCUT2D eigenvalue weighted by molar-refractivity contribution is 0.0538. The third-order valence-corrected chi connectivity index (χ3v) is 6.29. The van der Waals surface area contributed by atoms with Gasteiger partial charge in [-0.1, -0.05) is 29.3 Å². The van der Waals surface area contributed by atoms with Gasteiger partial charge in [0.25, 0.3) is 10.0 Å². The number of nitrogens with zero attached hydrogens (tertiary/aromatic N) is 4. The number of benzene rings is 1. The summed E-state index contributed by atoms with van der Waals surface area (Å²) in [4.78, 5) is -0.309. The SMILES string of the molecule is Cc1nn(C(F)F)c(C)c1S(=O)(=O)Nc1ccn(Cc2c(Cl)cccc2Cl)n1. The molecule has 3 aromatic rings. The van der Waals surface area contributed by atoms with Gasteiger partial charge in [0.1, 0.15) is 4.90 Å². The van der Waals surface area contributed by atoms with Crippen LogP contribution in [-0.2, 0) is 16.6 Å². The summed E-state index contributed by atoms with van der Waals surface area (Å²) in [5.41, 5.74) is 0.433. The molecule has 0 aliphatic rings. The molecule has 0 aliphatic heterocycles. The van der Waals surface area contributed by atoms with Gasteiger partial charge in [-0.3, -0.25) is 9.40 Å². The first kappa shape index (κ1) is 20.6. The van der Waals surface area contributed by atoms with Crippen LogP contribution >= 0.6 is 23.2 Å². The predicted molar refractivity (Wildman–Crippen MR) is 102 cm³/mol. The molecule has 2 heterocycles. The van der Waals surface area contributed by atoms with Gasteiger partial charge in [-0.2, -0.15) is 19.0 Å². The molecule has 0 saturated heterocycles. The molecule has 1 N–H and O–H groups in total. The van der Waals surface area contributed by atoms with Crippen molar-refractivity contribution in [3.8, 4) is 0 Å². The van der Waals surface area contributed by atoms with Crippen molar-refractivity contribution < 1.29 is 17.2 Å². The van der Waals surface area contributed by atoms with E-state index in [-0.39, 0.29) is 28.6 Å². The smallest absolute Gasteiger partial charge is 0.266 e. The van der Waals surface area contributed by atoms with E-state index in [2.05, 4.69) is 14.9 Å². The minimum Gasteiger partial charge on any atom is -0.266 e. The van der Waals surface area contributed by atoms with Crippen molar-refractivity contribution in [3.05, 3.63) is 57.5 Å². The highest BCUT2D eigenvalue weighted by Crippen LogP contribution is 2.27. The average molecular weight is 450 g/mol. The van der Waals surface area contributed by atoms with Crippen molar-refractivity contribution in [1.29, 1.82) is 0 Å². The molecule has 3 rings (SSSR count). The third kappa shape index (κ3) is 3.98. The summed E-state index contributed by atoms with van der Waals surface area (Å²) in [6.07, 6.45) is 1.54. The largest absolute Gasteiger partial charge is 0.333 e. The lowest BCUT2D eigenvalue weighted by Crippen LogP contribution is -2.16. The Bertz CT molecular complexity index is 1110. The molecule has 28 heavy (non-hydrogen) atoms. The molecular weight excluding hydrogens is 435 g/mol. The van der Waals surface area contributed by atoms with Gasteiger partial charge in [0.2, 0.25) is 0 Å². The molecule has 0 aliphatic carbocycles. The molecule has 0 bridgehead atoms. The molecule has 0 unspecified atom stereocenters. The van der Waals surface area contributed by atoms with E-state index in [9.17, 15) is 17.2 Å². The number of anilines is 1. The monoisotopic (exact) mass is 449 g/mol. The number of aryl methyl sites for hydroxylation is 1. The van der Waals surface area contributed by atoms with E-state index < -0.39 is 16.6 Å². The fourth-order valence-electron chi connectivity index (χ4n) is 2.77. The second-order valence-corrected chi connectivity index (χ2v) is 8.36. The number of sulfonamides is 1. The topological polar surface area (TPSA) is 81.8 Å². The first-order valence-corrected chi connectivity index (χ1v) is 10.2. The van der Waals surface area contributed by atoms with Crippen molar-refractivity contribution in [3.63, 3.8) is 0 Å². The lowest BCUT2D eigenvalue weighted by atomic mass is 10.2. The Morgan fingerprint density at radius 2 is 1.79 bits per heavy atom. The van der Waals surface area contributed by atoms with Crippen LogP contribution in [0.4, 0.5) is 14.6 Å². The van der Waals surface area contributed by atoms with E-state index in [0.717, 1.165) is 0 Å². The highest BCUT2D eigenvalue weighted by atomic mass is 35.5. The fraction of sp³-hybridized carbons (Fsp3) is 0.250. The molecule has 0 radical (unpaired) electrons. The minimum absolute atomic E-state index is 0.0202. The van der Waals surface area contributed by atoms with E-state index in [1.165, 1.54) is 24.6 Å². The van der Waals surface area contributed by atoms with Gasteiger partial charge in [0, 0.05) is 27.9 Å². The number of aromatic nitrogens is 4. The Kier molecular flexibility index (Phi) is 5.64. The Hall–Kier alpha value is -2.17. The zero-order valence-corrected chi connectivity index (χ0v) is 17.0. The van der Waals surface area contributed by atoms with Gasteiger partial charge in [0.15, 0.2) is 5.82 Å². The molecule has 12 heteroatoms. The van der Waals surface area contributed by atoms with E-state index in [4.69, 9.17) is 23.2 Å². The Labute approximate surface area is 169 Å². The molecule has 0 atom stereocenters.